The van der Waals surface area contributed by atoms with Gasteiger partial charge in [-0.15, -0.1) is 11.3 Å². The summed E-state index contributed by atoms with van der Waals surface area (Å²) >= 11 is 1.48. The van der Waals surface area contributed by atoms with Crippen LogP contribution < -0.4 is 0 Å². The van der Waals surface area contributed by atoms with Crippen molar-refractivity contribution in [2.24, 2.45) is 0 Å². The summed E-state index contributed by atoms with van der Waals surface area (Å²) in [7, 11) is 1.66. The first-order valence-corrected chi connectivity index (χ1v) is 6.44. The van der Waals surface area contributed by atoms with Crippen LogP contribution in [-0.2, 0) is 0 Å². The molecule has 1 amide bonds. The van der Waals surface area contributed by atoms with Gasteiger partial charge in [-0.25, -0.2) is 0 Å². The Kier molecular flexibility index (Phi) is 4.07. The number of hydrogen-bond acceptors (Lipinski definition) is 4. The molecule has 2 rings (SSSR count). The highest BCUT2D eigenvalue weighted by Gasteiger charge is 2.17. The van der Waals surface area contributed by atoms with Crippen LogP contribution in [0.5, 0.6) is 0 Å². The maximum atomic E-state index is 12.0. The van der Waals surface area contributed by atoms with E-state index in [2.05, 4.69) is 4.98 Å². The second-order valence-electron chi connectivity index (χ2n) is 3.93. The summed E-state index contributed by atoms with van der Waals surface area (Å²) in [6.45, 7) is 0.260. The molecule has 1 unspecified atom stereocenters. The second kappa shape index (κ2) is 5.75. The number of rotatable bonds is 4. The molecule has 2 heterocycles. The van der Waals surface area contributed by atoms with Crippen molar-refractivity contribution in [1.82, 2.24) is 9.88 Å². The molecule has 1 atom stereocenters. The second-order valence-corrected chi connectivity index (χ2v) is 4.91. The van der Waals surface area contributed by atoms with Crippen molar-refractivity contribution >= 4 is 17.2 Å². The van der Waals surface area contributed by atoms with Gasteiger partial charge in [0, 0.05) is 18.1 Å². The minimum atomic E-state index is -0.650. The van der Waals surface area contributed by atoms with E-state index in [1.165, 1.54) is 16.2 Å². The van der Waals surface area contributed by atoms with Crippen LogP contribution in [0.3, 0.4) is 0 Å². The summed E-state index contributed by atoms with van der Waals surface area (Å²) < 4.78 is 0. The SMILES string of the molecule is CN(CC(O)c1cccs1)C(=O)c1ccccn1. The number of nitrogens with zero attached hydrogens (tertiary/aromatic N) is 2. The summed E-state index contributed by atoms with van der Waals surface area (Å²) in [6, 6.07) is 8.93. The first kappa shape index (κ1) is 12.7. The van der Waals surface area contributed by atoms with Gasteiger partial charge in [0.25, 0.3) is 5.91 Å². The molecular weight excluding hydrogens is 248 g/mol. The molecular formula is C13H14N2O2S. The molecule has 94 valence electrons. The largest absolute Gasteiger partial charge is 0.386 e. The van der Waals surface area contributed by atoms with Gasteiger partial charge < -0.3 is 10.0 Å². The zero-order chi connectivity index (χ0) is 13.0. The Morgan fingerprint density at radius 1 is 1.44 bits per heavy atom. The molecule has 0 fully saturated rings. The molecule has 0 aliphatic rings. The number of aliphatic hydroxyl groups excluding tert-OH is 1. The van der Waals surface area contributed by atoms with E-state index < -0.39 is 6.10 Å². The van der Waals surface area contributed by atoms with Gasteiger partial charge >= 0.3 is 0 Å². The molecule has 2 aromatic rings. The van der Waals surface area contributed by atoms with E-state index in [1.807, 2.05) is 17.5 Å². The van der Waals surface area contributed by atoms with E-state index in [9.17, 15) is 9.90 Å². The Morgan fingerprint density at radius 3 is 2.89 bits per heavy atom. The highest BCUT2D eigenvalue weighted by molar-refractivity contribution is 7.10. The third-order valence-corrected chi connectivity index (χ3v) is 3.52. The lowest BCUT2D eigenvalue weighted by molar-refractivity contribution is 0.0680. The standard InChI is InChI=1S/C13H14N2O2S/c1-15(9-11(16)12-6-4-8-18-12)13(17)10-5-2-3-7-14-10/h2-8,11,16H,9H2,1H3. The van der Waals surface area contributed by atoms with E-state index in [0.29, 0.717) is 5.69 Å². The highest BCUT2D eigenvalue weighted by Crippen LogP contribution is 2.19. The Hall–Kier alpha value is -1.72. The molecule has 2 aromatic heterocycles. The van der Waals surface area contributed by atoms with Crippen molar-refractivity contribution in [3.8, 4) is 0 Å². The zero-order valence-electron chi connectivity index (χ0n) is 9.98. The van der Waals surface area contributed by atoms with Crippen molar-refractivity contribution in [3.63, 3.8) is 0 Å². The van der Waals surface area contributed by atoms with Crippen LogP contribution in [0.15, 0.2) is 41.9 Å². The van der Waals surface area contributed by atoms with Gasteiger partial charge in [-0.1, -0.05) is 12.1 Å². The van der Waals surface area contributed by atoms with Crippen LogP contribution in [0.4, 0.5) is 0 Å². The predicted octanol–water partition coefficient (Wildman–Crippen LogP) is 1.95. The van der Waals surface area contributed by atoms with E-state index in [-0.39, 0.29) is 12.5 Å². The Labute approximate surface area is 110 Å². The van der Waals surface area contributed by atoms with Crippen LogP contribution in [0.2, 0.25) is 0 Å². The number of aromatic nitrogens is 1. The maximum Gasteiger partial charge on any atom is 0.272 e. The predicted molar refractivity (Wildman–Crippen MR) is 70.5 cm³/mol. The highest BCUT2D eigenvalue weighted by atomic mass is 32.1. The molecule has 0 saturated heterocycles. The topological polar surface area (TPSA) is 53.4 Å². The van der Waals surface area contributed by atoms with Crippen molar-refractivity contribution in [1.29, 1.82) is 0 Å². The summed E-state index contributed by atoms with van der Waals surface area (Å²) in [5, 5.41) is 11.9. The average Bonchev–Trinajstić information content (AvgIpc) is 2.92. The van der Waals surface area contributed by atoms with Crippen molar-refractivity contribution < 1.29 is 9.90 Å². The lowest BCUT2D eigenvalue weighted by atomic mass is 10.2. The molecule has 0 saturated carbocycles. The van der Waals surface area contributed by atoms with E-state index in [0.717, 1.165) is 4.88 Å². The molecule has 18 heavy (non-hydrogen) atoms. The summed E-state index contributed by atoms with van der Waals surface area (Å²) in [6.07, 6.45) is 0.930. The third-order valence-electron chi connectivity index (χ3n) is 2.55. The Morgan fingerprint density at radius 2 is 2.28 bits per heavy atom. The first-order chi connectivity index (χ1) is 8.68. The summed E-state index contributed by atoms with van der Waals surface area (Å²) in [5.41, 5.74) is 0.387. The monoisotopic (exact) mass is 262 g/mol. The molecule has 0 bridgehead atoms. The number of carbonyl (C=O) groups excluding carboxylic acids is 1. The van der Waals surface area contributed by atoms with Crippen LogP contribution in [-0.4, -0.2) is 34.5 Å². The summed E-state index contributed by atoms with van der Waals surface area (Å²) in [4.78, 5) is 18.3. The fraction of sp³-hybridized carbons (Fsp3) is 0.231. The van der Waals surface area contributed by atoms with Gasteiger partial charge in [0.2, 0.25) is 0 Å². The fourth-order valence-corrected chi connectivity index (χ4v) is 2.30. The number of amides is 1. The number of likely N-dealkylation sites (N-methyl/N-ethyl adjacent to an activating group) is 1. The van der Waals surface area contributed by atoms with Gasteiger partial charge in [-0.05, 0) is 23.6 Å². The number of hydrogen-bond donors (Lipinski definition) is 1. The number of thiophene rings is 1. The maximum absolute atomic E-state index is 12.0. The van der Waals surface area contributed by atoms with Crippen molar-refractivity contribution in [2.75, 3.05) is 13.6 Å². The van der Waals surface area contributed by atoms with Gasteiger partial charge in [0.1, 0.15) is 11.8 Å². The van der Waals surface area contributed by atoms with Crippen molar-refractivity contribution in [2.45, 2.75) is 6.10 Å². The minimum absolute atomic E-state index is 0.189. The van der Waals surface area contributed by atoms with Gasteiger partial charge in [0.15, 0.2) is 0 Å². The minimum Gasteiger partial charge on any atom is -0.386 e. The van der Waals surface area contributed by atoms with Crippen LogP contribution in [0.1, 0.15) is 21.5 Å². The molecule has 0 aliphatic heterocycles. The number of aliphatic hydroxyl groups is 1. The third kappa shape index (κ3) is 2.94. The molecule has 0 aromatic carbocycles. The van der Waals surface area contributed by atoms with Gasteiger partial charge in [0.05, 0.1) is 6.54 Å². The smallest absolute Gasteiger partial charge is 0.272 e. The molecule has 1 N–H and O–H groups in total. The van der Waals surface area contributed by atoms with Crippen LogP contribution in [0, 0.1) is 0 Å². The zero-order valence-corrected chi connectivity index (χ0v) is 10.8. The number of carbonyl (C=O) groups is 1. The lowest BCUT2D eigenvalue weighted by Gasteiger charge is -2.19. The molecule has 4 nitrogen and oxygen atoms in total. The normalized spacial score (nSPS) is 12.1. The van der Waals surface area contributed by atoms with Gasteiger partial charge in [-0.2, -0.15) is 0 Å². The van der Waals surface area contributed by atoms with E-state index >= 15 is 0 Å². The lowest BCUT2D eigenvalue weighted by Crippen LogP contribution is -2.31. The first-order valence-electron chi connectivity index (χ1n) is 5.56. The Balaban J connectivity index is 2.00. The molecule has 0 aliphatic carbocycles. The molecule has 0 spiro atoms. The quantitative estimate of drug-likeness (QED) is 0.916. The Bertz CT molecular complexity index is 499. The van der Waals surface area contributed by atoms with E-state index in [4.69, 9.17) is 0 Å². The summed E-state index contributed by atoms with van der Waals surface area (Å²) in [5.74, 6) is -0.189. The molecule has 5 heteroatoms. The van der Waals surface area contributed by atoms with Crippen LogP contribution in [0.25, 0.3) is 0 Å². The van der Waals surface area contributed by atoms with E-state index in [1.54, 1.807) is 31.4 Å². The fourth-order valence-electron chi connectivity index (χ4n) is 1.60. The average molecular weight is 262 g/mol. The van der Waals surface area contributed by atoms with Crippen molar-refractivity contribution in [3.05, 3.63) is 52.5 Å². The van der Waals surface area contributed by atoms with Gasteiger partial charge in [-0.3, -0.25) is 9.78 Å². The molecule has 0 radical (unpaired) electrons. The number of pyridine rings is 1. The van der Waals surface area contributed by atoms with Crippen LogP contribution >= 0.6 is 11.3 Å².